The number of phenolic OH excluding ortho intramolecular Hbond substituents is 1. The maximum atomic E-state index is 11.6. The highest BCUT2D eigenvalue weighted by Gasteiger charge is 2.14. The molecular weight excluding hydrogens is 236 g/mol. The number of urea groups is 1. The maximum Gasteiger partial charge on any atom is 0.337 e. The summed E-state index contributed by atoms with van der Waals surface area (Å²) in [6.45, 7) is 3.77. The van der Waals surface area contributed by atoms with Gasteiger partial charge in [-0.05, 0) is 31.5 Å². The molecule has 1 aromatic carbocycles. The Labute approximate surface area is 105 Å². The number of rotatable bonds is 4. The van der Waals surface area contributed by atoms with Crippen molar-refractivity contribution in [2.45, 2.75) is 26.3 Å². The minimum absolute atomic E-state index is 0.00427. The summed E-state index contributed by atoms with van der Waals surface area (Å²) in [6.07, 6.45) is 0.773. The van der Waals surface area contributed by atoms with Gasteiger partial charge in [0.15, 0.2) is 0 Å². The monoisotopic (exact) mass is 252 g/mol. The second kappa shape index (κ2) is 5.90. The fourth-order valence-corrected chi connectivity index (χ4v) is 1.30. The first-order valence-corrected chi connectivity index (χ1v) is 5.57. The lowest BCUT2D eigenvalue weighted by molar-refractivity contribution is 0.0697. The number of aromatic carboxylic acids is 1. The van der Waals surface area contributed by atoms with Crippen molar-refractivity contribution >= 4 is 17.7 Å². The fourth-order valence-electron chi connectivity index (χ4n) is 1.30. The zero-order valence-corrected chi connectivity index (χ0v) is 10.2. The molecule has 0 heterocycles. The third-order valence-electron chi connectivity index (χ3n) is 2.47. The lowest BCUT2D eigenvalue weighted by Gasteiger charge is -2.13. The topological polar surface area (TPSA) is 98.7 Å². The van der Waals surface area contributed by atoms with Crippen molar-refractivity contribution in [2.75, 3.05) is 5.32 Å². The van der Waals surface area contributed by atoms with Crippen LogP contribution in [-0.2, 0) is 0 Å². The second-order valence-electron chi connectivity index (χ2n) is 3.94. The van der Waals surface area contributed by atoms with E-state index in [1.807, 2.05) is 13.8 Å². The summed E-state index contributed by atoms with van der Waals surface area (Å²) < 4.78 is 0. The van der Waals surface area contributed by atoms with Gasteiger partial charge in [-0.1, -0.05) is 6.92 Å². The number of carboxylic acid groups (broad SMARTS) is 1. The van der Waals surface area contributed by atoms with Crippen LogP contribution < -0.4 is 10.6 Å². The van der Waals surface area contributed by atoms with Crippen molar-refractivity contribution in [1.82, 2.24) is 5.32 Å². The van der Waals surface area contributed by atoms with Crippen LogP contribution in [0.1, 0.15) is 30.6 Å². The molecule has 0 aliphatic rings. The Morgan fingerprint density at radius 1 is 1.39 bits per heavy atom. The van der Waals surface area contributed by atoms with E-state index in [1.54, 1.807) is 0 Å². The Morgan fingerprint density at radius 3 is 2.61 bits per heavy atom. The smallest absolute Gasteiger partial charge is 0.337 e. The van der Waals surface area contributed by atoms with Crippen LogP contribution in [0.2, 0.25) is 0 Å². The molecule has 6 heteroatoms. The van der Waals surface area contributed by atoms with Crippen molar-refractivity contribution in [3.05, 3.63) is 23.8 Å². The summed E-state index contributed by atoms with van der Waals surface area (Å²) >= 11 is 0. The van der Waals surface area contributed by atoms with Gasteiger partial charge in [-0.3, -0.25) is 0 Å². The van der Waals surface area contributed by atoms with Gasteiger partial charge in [-0.25, -0.2) is 9.59 Å². The van der Waals surface area contributed by atoms with Gasteiger partial charge in [0.2, 0.25) is 0 Å². The van der Waals surface area contributed by atoms with Crippen LogP contribution in [0, 0.1) is 0 Å². The van der Waals surface area contributed by atoms with Gasteiger partial charge >= 0.3 is 12.0 Å². The van der Waals surface area contributed by atoms with E-state index in [9.17, 15) is 14.7 Å². The molecule has 6 nitrogen and oxygen atoms in total. The van der Waals surface area contributed by atoms with Crippen LogP contribution in [0.25, 0.3) is 0 Å². The van der Waals surface area contributed by atoms with Crippen molar-refractivity contribution in [3.8, 4) is 5.75 Å². The molecule has 1 atom stereocenters. The average molecular weight is 252 g/mol. The molecule has 4 N–H and O–H groups in total. The number of carbonyl (C=O) groups excluding carboxylic acids is 1. The van der Waals surface area contributed by atoms with Crippen molar-refractivity contribution in [1.29, 1.82) is 0 Å². The number of carbonyl (C=O) groups is 2. The lowest BCUT2D eigenvalue weighted by Crippen LogP contribution is -2.35. The van der Waals surface area contributed by atoms with Crippen molar-refractivity contribution in [2.24, 2.45) is 0 Å². The number of carboxylic acids is 1. The van der Waals surface area contributed by atoms with Gasteiger partial charge in [-0.2, -0.15) is 0 Å². The number of phenols is 1. The van der Waals surface area contributed by atoms with Gasteiger partial charge in [0.25, 0.3) is 0 Å². The molecule has 98 valence electrons. The van der Waals surface area contributed by atoms with Crippen LogP contribution >= 0.6 is 0 Å². The fraction of sp³-hybridized carbons (Fsp3) is 0.333. The number of nitrogens with one attached hydrogen (secondary N) is 2. The first-order valence-electron chi connectivity index (χ1n) is 5.57. The minimum Gasteiger partial charge on any atom is -0.508 e. The zero-order valence-electron chi connectivity index (χ0n) is 10.2. The van der Waals surface area contributed by atoms with E-state index in [0.29, 0.717) is 0 Å². The molecule has 1 unspecified atom stereocenters. The molecule has 0 aliphatic heterocycles. The molecule has 1 aromatic rings. The number of hydrogen-bond donors (Lipinski definition) is 4. The largest absolute Gasteiger partial charge is 0.508 e. The van der Waals surface area contributed by atoms with E-state index in [0.717, 1.165) is 12.5 Å². The highest BCUT2D eigenvalue weighted by Crippen LogP contribution is 2.21. The van der Waals surface area contributed by atoms with Crippen LogP contribution in [0.4, 0.5) is 10.5 Å². The summed E-state index contributed by atoms with van der Waals surface area (Å²) in [6, 6.07) is 3.26. The Kier molecular flexibility index (Phi) is 4.53. The molecule has 0 saturated carbocycles. The predicted octanol–water partition coefficient (Wildman–Crippen LogP) is 2.01. The zero-order chi connectivity index (χ0) is 13.7. The van der Waals surface area contributed by atoms with E-state index in [2.05, 4.69) is 10.6 Å². The van der Waals surface area contributed by atoms with Gasteiger partial charge in [-0.15, -0.1) is 0 Å². The number of anilines is 1. The van der Waals surface area contributed by atoms with Crippen LogP contribution in [0.3, 0.4) is 0 Å². The molecule has 18 heavy (non-hydrogen) atoms. The molecule has 0 bridgehead atoms. The molecule has 0 fully saturated rings. The average Bonchev–Trinajstić information content (AvgIpc) is 2.30. The molecule has 1 rings (SSSR count). The molecule has 0 radical (unpaired) electrons. The SMILES string of the molecule is CCC(C)NC(=O)Nc1ccc(O)cc1C(=O)O. The Bertz CT molecular complexity index is 459. The van der Waals surface area contributed by atoms with E-state index in [4.69, 9.17) is 5.11 Å². The third-order valence-corrected chi connectivity index (χ3v) is 2.47. The molecular formula is C12H16N2O4. The van der Waals surface area contributed by atoms with Crippen molar-refractivity contribution < 1.29 is 19.8 Å². The predicted molar refractivity (Wildman–Crippen MR) is 67.0 cm³/mol. The Hall–Kier alpha value is -2.24. The summed E-state index contributed by atoms with van der Waals surface area (Å²) in [7, 11) is 0. The normalized spacial score (nSPS) is 11.7. The quantitative estimate of drug-likeness (QED) is 0.616. The van der Waals surface area contributed by atoms with E-state index in [1.165, 1.54) is 12.1 Å². The second-order valence-corrected chi connectivity index (χ2v) is 3.94. The first-order chi connectivity index (χ1) is 8.43. The minimum atomic E-state index is -1.22. The Morgan fingerprint density at radius 2 is 2.06 bits per heavy atom. The summed E-state index contributed by atoms with van der Waals surface area (Å²) in [5.74, 6) is -1.38. The molecule has 2 amide bonds. The molecule has 0 saturated heterocycles. The van der Waals surface area contributed by atoms with E-state index >= 15 is 0 Å². The number of hydrogen-bond acceptors (Lipinski definition) is 3. The van der Waals surface area contributed by atoms with E-state index < -0.39 is 12.0 Å². The van der Waals surface area contributed by atoms with Gasteiger partial charge in [0.05, 0.1) is 11.3 Å². The molecule has 0 aromatic heterocycles. The summed E-state index contributed by atoms with van der Waals surface area (Å²) in [4.78, 5) is 22.5. The number of benzene rings is 1. The highest BCUT2D eigenvalue weighted by molar-refractivity contribution is 6.00. The summed E-state index contributed by atoms with van der Waals surface area (Å²) in [5, 5.41) is 23.3. The van der Waals surface area contributed by atoms with Crippen LogP contribution in [0.15, 0.2) is 18.2 Å². The third kappa shape index (κ3) is 3.65. The Balaban J connectivity index is 2.84. The first kappa shape index (κ1) is 13.8. The summed E-state index contributed by atoms with van der Waals surface area (Å²) in [5.41, 5.74) is -0.0181. The molecule has 0 spiro atoms. The standard InChI is InChI=1S/C12H16N2O4/c1-3-7(2)13-12(18)14-10-5-4-8(15)6-9(10)11(16)17/h4-7,15H,3H2,1-2H3,(H,16,17)(H2,13,14,18). The van der Waals surface area contributed by atoms with Crippen LogP contribution in [-0.4, -0.2) is 28.3 Å². The van der Waals surface area contributed by atoms with E-state index in [-0.39, 0.29) is 23.0 Å². The maximum absolute atomic E-state index is 11.6. The van der Waals surface area contributed by atoms with Crippen molar-refractivity contribution in [3.63, 3.8) is 0 Å². The van der Waals surface area contributed by atoms with Gasteiger partial charge in [0.1, 0.15) is 5.75 Å². The van der Waals surface area contributed by atoms with Gasteiger partial charge < -0.3 is 20.8 Å². The van der Waals surface area contributed by atoms with Gasteiger partial charge in [0, 0.05) is 6.04 Å². The lowest BCUT2D eigenvalue weighted by atomic mass is 10.1. The number of amides is 2. The number of aromatic hydroxyl groups is 1. The van der Waals surface area contributed by atoms with Crippen LogP contribution in [0.5, 0.6) is 5.75 Å². The highest BCUT2D eigenvalue weighted by atomic mass is 16.4. The molecule has 0 aliphatic carbocycles.